The molecule has 6 nitrogen and oxygen atoms in total. The Morgan fingerprint density at radius 1 is 1.21 bits per heavy atom. The normalized spacial score (nSPS) is 14.6. The van der Waals surface area contributed by atoms with E-state index in [4.69, 9.17) is 14.8 Å². The molecule has 0 aromatic rings. The van der Waals surface area contributed by atoms with Gasteiger partial charge in [-0.2, -0.15) is 0 Å². The minimum atomic E-state index is -2.03. The van der Waals surface area contributed by atoms with Crippen LogP contribution in [0.25, 0.3) is 0 Å². The summed E-state index contributed by atoms with van der Waals surface area (Å²) in [5.74, 6) is -3.20. The zero-order valence-corrected chi connectivity index (χ0v) is 8.20. The van der Waals surface area contributed by atoms with Gasteiger partial charge in [0.25, 0.3) is 0 Å². The average Bonchev–Trinajstić information content (AvgIpc) is 2.02. The maximum Gasteiger partial charge on any atom is 0.306 e. The highest BCUT2D eigenvalue weighted by Gasteiger charge is 2.19. The second-order valence-corrected chi connectivity index (χ2v) is 3.83. The van der Waals surface area contributed by atoms with Crippen molar-refractivity contribution in [2.45, 2.75) is 19.3 Å². The fraction of sp³-hybridized carbons (Fsp3) is 0.714. The van der Waals surface area contributed by atoms with Crippen LogP contribution in [0, 0.1) is 5.92 Å². The lowest BCUT2D eigenvalue weighted by Crippen LogP contribution is -2.17. The van der Waals surface area contributed by atoms with E-state index in [2.05, 4.69) is 0 Å². The standard InChI is InChI=1S/C7H12O6S/c8-6(9)2-1-5(7(10)11)3-4-14(12)13/h5H,1-4H2,(H,8,9)(H,10,11)(H,12,13). The Bertz CT molecular complexity index is 220. The molecular formula is C7H12O6S. The topological polar surface area (TPSA) is 112 Å². The van der Waals surface area contributed by atoms with Crippen LogP contribution in [-0.4, -0.2) is 36.7 Å². The fourth-order valence-corrected chi connectivity index (χ4v) is 1.42. The molecule has 0 saturated heterocycles. The van der Waals surface area contributed by atoms with Gasteiger partial charge in [0.05, 0.1) is 11.7 Å². The van der Waals surface area contributed by atoms with E-state index >= 15 is 0 Å². The number of carbonyl (C=O) groups is 2. The molecule has 0 aliphatic rings. The third-order valence-corrected chi connectivity index (χ3v) is 2.28. The summed E-state index contributed by atoms with van der Waals surface area (Å²) in [7, 11) is 0. The monoisotopic (exact) mass is 224 g/mol. The van der Waals surface area contributed by atoms with Gasteiger partial charge in [-0.3, -0.25) is 9.59 Å². The van der Waals surface area contributed by atoms with Gasteiger partial charge in [0.2, 0.25) is 0 Å². The van der Waals surface area contributed by atoms with Gasteiger partial charge in [-0.25, -0.2) is 4.21 Å². The Morgan fingerprint density at radius 2 is 1.79 bits per heavy atom. The van der Waals surface area contributed by atoms with Gasteiger partial charge in [0.1, 0.15) is 0 Å². The predicted molar refractivity (Wildman–Crippen MR) is 48.3 cm³/mol. The molecule has 82 valence electrons. The lowest BCUT2D eigenvalue weighted by molar-refractivity contribution is -0.143. The van der Waals surface area contributed by atoms with Crippen molar-refractivity contribution < 1.29 is 28.6 Å². The van der Waals surface area contributed by atoms with Crippen LogP contribution < -0.4 is 0 Å². The van der Waals surface area contributed by atoms with E-state index in [-0.39, 0.29) is 25.0 Å². The lowest BCUT2D eigenvalue weighted by atomic mass is 10.0. The van der Waals surface area contributed by atoms with E-state index in [1.165, 1.54) is 0 Å². The Hall–Kier alpha value is -0.950. The molecule has 2 unspecified atom stereocenters. The van der Waals surface area contributed by atoms with Crippen molar-refractivity contribution in [3.05, 3.63) is 0 Å². The van der Waals surface area contributed by atoms with Crippen LogP contribution in [0.5, 0.6) is 0 Å². The van der Waals surface area contributed by atoms with Crippen molar-refractivity contribution in [1.82, 2.24) is 0 Å². The zero-order valence-electron chi connectivity index (χ0n) is 7.38. The van der Waals surface area contributed by atoms with Crippen molar-refractivity contribution >= 4 is 23.0 Å². The molecule has 0 aromatic carbocycles. The molecule has 0 heterocycles. The first-order valence-corrected chi connectivity index (χ1v) is 5.23. The molecule has 0 aliphatic carbocycles. The minimum absolute atomic E-state index is 0.0120. The van der Waals surface area contributed by atoms with Crippen LogP contribution in [0.4, 0.5) is 0 Å². The summed E-state index contributed by atoms with van der Waals surface area (Å²) < 4.78 is 18.7. The SMILES string of the molecule is O=C(O)CCC(CCS(=O)O)C(=O)O. The van der Waals surface area contributed by atoms with E-state index in [1.54, 1.807) is 0 Å². The van der Waals surface area contributed by atoms with Crippen molar-refractivity contribution in [1.29, 1.82) is 0 Å². The maximum absolute atomic E-state index is 10.6. The van der Waals surface area contributed by atoms with Gasteiger partial charge in [-0.05, 0) is 12.8 Å². The van der Waals surface area contributed by atoms with Gasteiger partial charge >= 0.3 is 11.9 Å². The summed E-state index contributed by atoms with van der Waals surface area (Å²) in [6, 6.07) is 0. The number of carboxylic acids is 2. The molecule has 0 rings (SSSR count). The molecule has 2 atom stereocenters. The van der Waals surface area contributed by atoms with E-state index in [9.17, 15) is 13.8 Å². The Morgan fingerprint density at radius 3 is 2.14 bits per heavy atom. The van der Waals surface area contributed by atoms with Crippen molar-refractivity contribution in [2.24, 2.45) is 5.92 Å². The summed E-state index contributed by atoms with van der Waals surface area (Å²) in [4.78, 5) is 20.7. The second-order valence-electron chi connectivity index (χ2n) is 2.78. The van der Waals surface area contributed by atoms with Gasteiger partial charge in [0.15, 0.2) is 11.1 Å². The van der Waals surface area contributed by atoms with Crippen LogP contribution >= 0.6 is 0 Å². The Kier molecular flexibility index (Phi) is 6.06. The second kappa shape index (κ2) is 6.50. The first kappa shape index (κ1) is 13.1. The molecule has 0 amide bonds. The first-order valence-electron chi connectivity index (χ1n) is 3.95. The molecule has 0 fully saturated rings. The summed E-state index contributed by atoms with van der Waals surface area (Å²) in [6.07, 6.45) is -0.234. The fourth-order valence-electron chi connectivity index (χ4n) is 0.932. The first-order chi connectivity index (χ1) is 6.43. The summed E-state index contributed by atoms with van der Waals surface area (Å²) in [6.45, 7) is 0. The molecule has 0 spiro atoms. The number of carboxylic acid groups (broad SMARTS) is 2. The van der Waals surface area contributed by atoms with Crippen LogP contribution in [-0.2, 0) is 20.7 Å². The molecule has 14 heavy (non-hydrogen) atoms. The number of aliphatic carboxylic acids is 2. The van der Waals surface area contributed by atoms with E-state index in [0.717, 1.165) is 0 Å². The van der Waals surface area contributed by atoms with Gasteiger partial charge in [0, 0.05) is 6.42 Å². The Balaban J connectivity index is 3.96. The van der Waals surface area contributed by atoms with Crippen LogP contribution in [0.15, 0.2) is 0 Å². The molecule has 0 aromatic heterocycles. The third kappa shape index (κ3) is 6.55. The van der Waals surface area contributed by atoms with Gasteiger partial charge in [-0.15, -0.1) is 0 Å². The summed E-state index contributed by atoms with van der Waals surface area (Å²) >= 11 is -2.03. The van der Waals surface area contributed by atoms with Crippen molar-refractivity contribution in [2.75, 3.05) is 5.75 Å². The number of hydrogen-bond acceptors (Lipinski definition) is 3. The van der Waals surface area contributed by atoms with Crippen LogP contribution in [0.2, 0.25) is 0 Å². The molecule has 0 radical (unpaired) electrons. The predicted octanol–water partition coefficient (Wildman–Crippen LogP) is 0.164. The van der Waals surface area contributed by atoms with E-state index in [1.807, 2.05) is 0 Å². The van der Waals surface area contributed by atoms with E-state index in [0.29, 0.717) is 0 Å². The van der Waals surface area contributed by atoms with Crippen molar-refractivity contribution in [3.8, 4) is 0 Å². The third-order valence-electron chi connectivity index (χ3n) is 1.70. The highest BCUT2D eigenvalue weighted by atomic mass is 32.2. The lowest BCUT2D eigenvalue weighted by Gasteiger charge is -2.08. The highest BCUT2D eigenvalue weighted by molar-refractivity contribution is 7.79. The summed E-state index contributed by atoms with van der Waals surface area (Å²) in [5, 5.41) is 16.9. The molecule has 7 heteroatoms. The smallest absolute Gasteiger partial charge is 0.306 e. The Labute approximate surface area is 83.2 Å². The quantitative estimate of drug-likeness (QED) is 0.531. The molecule has 0 saturated carbocycles. The molecule has 3 N–H and O–H groups in total. The van der Waals surface area contributed by atoms with E-state index < -0.39 is 28.9 Å². The summed E-state index contributed by atoms with van der Waals surface area (Å²) in [5.41, 5.74) is 0. The van der Waals surface area contributed by atoms with Crippen molar-refractivity contribution in [3.63, 3.8) is 0 Å². The molecular weight excluding hydrogens is 212 g/mol. The molecule has 0 aliphatic heterocycles. The largest absolute Gasteiger partial charge is 0.481 e. The van der Waals surface area contributed by atoms with Crippen LogP contribution in [0.1, 0.15) is 19.3 Å². The number of hydrogen-bond donors (Lipinski definition) is 3. The minimum Gasteiger partial charge on any atom is -0.481 e. The van der Waals surface area contributed by atoms with Gasteiger partial charge < -0.3 is 14.8 Å². The van der Waals surface area contributed by atoms with Crippen LogP contribution in [0.3, 0.4) is 0 Å². The zero-order chi connectivity index (χ0) is 11.1. The average molecular weight is 224 g/mol. The maximum atomic E-state index is 10.6. The number of rotatable bonds is 7. The van der Waals surface area contributed by atoms with Gasteiger partial charge in [-0.1, -0.05) is 0 Å². The molecule has 0 bridgehead atoms. The highest BCUT2D eigenvalue weighted by Crippen LogP contribution is 2.12.